The number of hydrogen-bond acceptors (Lipinski definition) is 3. The van der Waals surface area contributed by atoms with Crippen LogP contribution in [0.5, 0.6) is 0 Å². The molecule has 0 heterocycles. The van der Waals surface area contributed by atoms with E-state index < -0.39 is 29.9 Å². The number of urea groups is 1. The van der Waals surface area contributed by atoms with E-state index in [1.807, 2.05) is 20.8 Å². The zero-order valence-corrected chi connectivity index (χ0v) is 11.8. The zero-order valence-electron chi connectivity index (χ0n) is 11.8. The number of primary amides is 1. The van der Waals surface area contributed by atoms with Crippen molar-refractivity contribution in [3.05, 3.63) is 0 Å². The predicted octanol–water partition coefficient (Wildman–Crippen LogP) is 0.296. The van der Waals surface area contributed by atoms with Gasteiger partial charge in [0, 0.05) is 6.54 Å². The molecule has 0 aromatic carbocycles. The number of nitrogens with one attached hydrogen (secondary N) is 2. The first kappa shape index (κ1) is 17.2. The van der Waals surface area contributed by atoms with Gasteiger partial charge in [-0.05, 0) is 18.8 Å². The first-order chi connectivity index (χ1) is 8.53. The van der Waals surface area contributed by atoms with Gasteiger partial charge in [0.2, 0.25) is 5.91 Å². The topological polar surface area (TPSA) is 122 Å². The number of carboxylic acid groups (broad SMARTS) is 1. The van der Waals surface area contributed by atoms with Gasteiger partial charge in [-0.1, -0.05) is 20.8 Å². The molecule has 3 amide bonds. The third kappa shape index (κ3) is 8.01. The van der Waals surface area contributed by atoms with Crippen LogP contribution in [0, 0.1) is 11.3 Å². The molecule has 0 spiro atoms. The van der Waals surface area contributed by atoms with Crippen LogP contribution in [0.3, 0.4) is 0 Å². The van der Waals surface area contributed by atoms with Crippen LogP contribution in [0.2, 0.25) is 0 Å². The number of carbonyl (C=O) groups is 3. The highest BCUT2D eigenvalue weighted by molar-refractivity contribution is 5.85. The summed E-state index contributed by atoms with van der Waals surface area (Å²) in [7, 11) is 0. The molecule has 0 aliphatic rings. The monoisotopic (exact) mass is 273 g/mol. The highest BCUT2D eigenvalue weighted by atomic mass is 16.4. The maximum atomic E-state index is 11.4. The van der Waals surface area contributed by atoms with Crippen LogP contribution in [0.4, 0.5) is 4.79 Å². The Labute approximate surface area is 112 Å². The van der Waals surface area contributed by atoms with Crippen LogP contribution in [0.1, 0.15) is 34.1 Å². The fraction of sp³-hybridized carbons (Fsp3) is 0.750. The summed E-state index contributed by atoms with van der Waals surface area (Å²) in [5.41, 5.74) is 4.85. The lowest BCUT2D eigenvalue weighted by Gasteiger charge is -2.23. The summed E-state index contributed by atoms with van der Waals surface area (Å²) in [5.74, 6) is -2.28. The minimum atomic E-state index is -0.960. The summed E-state index contributed by atoms with van der Waals surface area (Å²) in [4.78, 5) is 33.3. The van der Waals surface area contributed by atoms with Gasteiger partial charge in [0.15, 0.2) is 0 Å². The zero-order chi connectivity index (χ0) is 15.2. The number of amides is 3. The molecule has 7 heteroatoms. The van der Waals surface area contributed by atoms with E-state index in [2.05, 4.69) is 10.6 Å². The van der Waals surface area contributed by atoms with Crippen LogP contribution in [-0.2, 0) is 9.59 Å². The standard InChI is InChI=1S/C12H23N3O4/c1-7(9(13)16)15-11(19)14-6-8(10(17)18)5-12(2,3)4/h7-8H,5-6H2,1-4H3,(H2,13,16)(H,17,18)(H2,14,15,19). The molecule has 7 nitrogen and oxygen atoms in total. The number of carbonyl (C=O) groups excluding carboxylic acids is 2. The Morgan fingerprint density at radius 2 is 1.79 bits per heavy atom. The summed E-state index contributed by atoms with van der Waals surface area (Å²) in [6, 6.07) is -1.41. The highest BCUT2D eigenvalue weighted by Crippen LogP contribution is 2.24. The van der Waals surface area contributed by atoms with Crippen molar-refractivity contribution >= 4 is 17.9 Å². The molecule has 110 valence electrons. The minimum Gasteiger partial charge on any atom is -0.481 e. The predicted molar refractivity (Wildman–Crippen MR) is 70.4 cm³/mol. The van der Waals surface area contributed by atoms with Crippen molar-refractivity contribution in [1.29, 1.82) is 0 Å². The lowest BCUT2D eigenvalue weighted by Crippen LogP contribution is -2.48. The average Bonchev–Trinajstić information content (AvgIpc) is 2.21. The van der Waals surface area contributed by atoms with E-state index in [0.717, 1.165) is 0 Å². The summed E-state index contributed by atoms with van der Waals surface area (Å²) < 4.78 is 0. The Hall–Kier alpha value is -1.79. The number of hydrogen-bond donors (Lipinski definition) is 4. The van der Waals surface area contributed by atoms with Crippen molar-refractivity contribution in [3.8, 4) is 0 Å². The Kier molecular flexibility index (Phi) is 6.31. The molecule has 0 aromatic rings. The first-order valence-corrected chi connectivity index (χ1v) is 6.09. The summed E-state index contributed by atoms with van der Waals surface area (Å²) in [5, 5.41) is 13.8. The Bertz CT molecular complexity index is 349. The second-order valence-electron chi connectivity index (χ2n) is 5.78. The van der Waals surface area contributed by atoms with E-state index in [1.54, 1.807) is 0 Å². The van der Waals surface area contributed by atoms with Crippen molar-refractivity contribution in [2.45, 2.75) is 40.2 Å². The van der Waals surface area contributed by atoms with E-state index in [0.29, 0.717) is 6.42 Å². The van der Waals surface area contributed by atoms with Gasteiger partial charge in [-0.15, -0.1) is 0 Å². The molecule has 0 aromatic heterocycles. The Morgan fingerprint density at radius 1 is 1.26 bits per heavy atom. The molecule has 0 aliphatic carbocycles. The number of carboxylic acids is 1. The van der Waals surface area contributed by atoms with Gasteiger partial charge in [0.1, 0.15) is 6.04 Å². The van der Waals surface area contributed by atoms with Gasteiger partial charge in [-0.3, -0.25) is 9.59 Å². The maximum Gasteiger partial charge on any atom is 0.315 e. The van der Waals surface area contributed by atoms with Crippen LogP contribution in [-0.4, -0.2) is 35.6 Å². The molecular formula is C12H23N3O4. The quantitative estimate of drug-likeness (QED) is 0.556. The normalized spacial score (nSPS) is 14.3. The van der Waals surface area contributed by atoms with Crippen LogP contribution >= 0.6 is 0 Å². The fourth-order valence-electron chi connectivity index (χ4n) is 1.52. The Morgan fingerprint density at radius 3 is 2.16 bits per heavy atom. The van der Waals surface area contributed by atoms with E-state index in [1.165, 1.54) is 6.92 Å². The van der Waals surface area contributed by atoms with E-state index in [-0.39, 0.29) is 12.0 Å². The second kappa shape index (κ2) is 6.96. The lowest BCUT2D eigenvalue weighted by atomic mass is 9.84. The maximum absolute atomic E-state index is 11.4. The third-order valence-corrected chi connectivity index (χ3v) is 2.49. The van der Waals surface area contributed by atoms with Gasteiger partial charge in [-0.25, -0.2) is 4.79 Å². The second-order valence-corrected chi connectivity index (χ2v) is 5.78. The van der Waals surface area contributed by atoms with E-state index in [4.69, 9.17) is 10.8 Å². The third-order valence-electron chi connectivity index (χ3n) is 2.49. The number of aliphatic carboxylic acids is 1. The van der Waals surface area contributed by atoms with Gasteiger partial charge in [0.05, 0.1) is 5.92 Å². The average molecular weight is 273 g/mol. The Balaban J connectivity index is 4.30. The number of rotatable bonds is 6. The number of nitrogens with two attached hydrogens (primary N) is 1. The smallest absolute Gasteiger partial charge is 0.315 e. The molecule has 19 heavy (non-hydrogen) atoms. The van der Waals surface area contributed by atoms with Crippen LogP contribution < -0.4 is 16.4 Å². The van der Waals surface area contributed by atoms with Crippen molar-refractivity contribution in [2.24, 2.45) is 17.1 Å². The summed E-state index contributed by atoms with van der Waals surface area (Å²) >= 11 is 0. The summed E-state index contributed by atoms with van der Waals surface area (Å²) in [6.07, 6.45) is 0.438. The molecular weight excluding hydrogens is 250 g/mol. The van der Waals surface area contributed by atoms with Crippen molar-refractivity contribution < 1.29 is 19.5 Å². The minimum absolute atomic E-state index is 0.00389. The molecule has 2 atom stereocenters. The summed E-state index contributed by atoms with van der Waals surface area (Å²) in [6.45, 7) is 7.24. The molecule has 0 fully saturated rings. The SMILES string of the molecule is CC(NC(=O)NCC(CC(C)(C)C)C(=O)O)C(N)=O. The largest absolute Gasteiger partial charge is 0.481 e. The van der Waals surface area contributed by atoms with Gasteiger partial charge in [0.25, 0.3) is 0 Å². The van der Waals surface area contributed by atoms with Gasteiger partial charge < -0.3 is 21.5 Å². The molecule has 0 radical (unpaired) electrons. The van der Waals surface area contributed by atoms with Crippen molar-refractivity contribution in [2.75, 3.05) is 6.54 Å². The van der Waals surface area contributed by atoms with Crippen molar-refractivity contribution in [1.82, 2.24) is 10.6 Å². The molecule has 2 unspecified atom stereocenters. The molecule has 0 saturated carbocycles. The highest BCUT2D eigenvalue weighted by Gasteiger charge is 2.25. The molecule has 0 rings (SSSR count). The first-order valence-electron chi connectivity index (χ1n) is 6.09. The molecule has 0 aliphatic heterocycles. The van der Waals surface area contributed by atoms with Gasteiger partial charge >= 0.3 is 12.0 Å². The molecule has 0 saturated heterocycles. The molecule has 0 bridgehead atoms. The van der Waals surface area contributed by atoms with E-state index >= 15 is 0 Å². The molecule has 5 N–H and O–H groups in total. The van der Waals surface area contributed by atoms with Crippen LogP contribution in [0.15, 0.2) is 0 Å². The fourth-order valence-corrected chi connectivity index (χ4v) is 1.52. The van der Waals surface area contributed by atoms with E-state index in [9.17, 15) is 14.4 Å². The lowest BCUT2D eigenvalue weighted by molar-refractivity contribution is -0.142. The van der Waals surface area contributed by atoms with Crippen LogP contribution in [0.25, 0.3) is 0 Å². The van der Waals surface area contributed by atoms with Gasteiger partial charge in [-0.2, -0.15) is 0 Å². The van der Waals surface area contributed by atoms with Crippen molar-refractivity contribution in [3.63, 3.8) is 0 Å².